The first-order chi connectivity index (χ1) is 9.07. The van der Waals surface area contributed by atoms with Crippen LogP contribution in [0.3, 0.4) is 0 Å². The van der Waals surface area contributed by atoms with Gasteiger partial charge in [0.15, 0.2) is 0 Å². The first kappa shape index (κ1) is 12.6. The zero-order valence-corrected chi connectivity index (χ0v) is 11.3. The Morgan fingerprint density at radius 3 is 2.89 bits per heavy atom. The smallest absolute Gasteiger partial charge is 0.254 e. The van der Waals surface area contributed by atoms with Crippen LogP contribution in [0.4, 0.5) is 0 Å². The van der Waals surface area contributed by atoms with Crippen LogP contribution in [0.25, 0.3) is 0 Å². The van der Waals surface area contributed by atoms with Gasteiger partial charge in [-0.25, -0.2) is 0 Å². The summed E-state index contributed by atoms with van der Waals surface area (Å²) in [7, 11) is 1.83. The fourth-order valence-corrected chi connectivity index (χ4v) is 2.73. The topological polar surface area (TPSA) is 55.6 Å². The lowest BCUT2D eigenvalue weighted by atomic mass is 9.78. The van der Waals surface area contributed by atoms with E-state index in [1.54, 1.807) is 4.90 Å². The number of nitrogens with zero attached hydrogens (tertiary/aromatic N) is 1. The summed E-state index contributed by atoms with van der Waals surface area (Å²) in [6.45, 7) is 1.85. The number of nitrogens with two attached hydrogens (primary N) is 1. The van der Waals surface area contributed by atoms with Crippen molar-refractivity contribution in [2.24, 2.45) is 5.73 Å². The molecule has 0 spiro atoms. The number of fused-ring (bicyclic) bond motifs is 1. The van der Waals surface area contributed by atoms with Gasteiger partial charge < -0.3 is 15.4 Å². The van der Waals surface area contributed by atoms with Gasteiger partial charge in [-0.1, -0.05) is 12.1 Å². The molecule has 1 saturated carbocycles. The van der Waals surface area contributed by atoms with Crippen LogP contribution in [0, 0.1) is 0 Å². The van der Waals surface area contributed by atoms with Gasteiger partial charge >= 0.3 is 0 Å². The molecule has 1 aromatic carbocycles. The molecule has 1 amide bonds. The van der Waals surface area contributed by atoms with Crippen molar-refractivity contribution in [1.82, 2.24) is 4.90 Å². The lowest BCUT2D eigenvalue weighted by Gasteiger charge is -2.37. The molecule has 0 bridgehead atoms. The van der Waals surface area contributed by atoms with Gasteiger partial charge in [-0.05, 0) is 36.5 Å². The summed E-state index contributed by atoms with van der Waals surface area (Å²) in [5.74, 6) is 0.103. The molecule has 1 aliphatic heterocycles. The maximum absolute atomic E-state index is 11.9. The highest BCUT2D eigenvalue weighted by Gasteiger charge is 2.32. The summed E-state index contributed by atoms with van der Waals surface area (Å²) in [6.07, 6.45) is 3.32. The van der Waals surface area contributed by atoms with Gasteiger partial charge in [-0.3, -0.25) is 4.79 Å². The zero-order valence-electron chi connectivity index (χ0n) is 11.3. The lowest BCUT2D eigenvalue weighted by molar-refractivity contribution is 0.0404. The molecule has 0 atom stereocenters. The molecule has 3 rings (SSSR count). The lowest BCUT2D eigenvalue weighted by Crippen LogP contribution is -2.50. The molecule has 1 heterocycles. The molecule has 0 radical (unpaired) electrons. The van der Waals surface area contributed by atoms with Crippen molar-refractivity contribution < 1.29 is 9.53 Å². The summed E-state index contributed by atoms with van der Waals surface area (Å²) < 4.78 is 5.70. The third-order valence-corrected chi connectivity index (χ3v) is 4.17. The Balaban J connectivity index is 1.62. The van der Waals surface area contributed by atoms with Crippen LogP contribution in [-0.2, 0) is 17.9 Å². The van der Waals surface area contributed by atoms with Crippen molar-refractivity contribution in [3.05, 3.63) is 34.9 Å². The van der Waals surface area contributed by atoms with Gasteiger partial charge in [-0.2, -0.15) is 0 Å². The van der Waals surface area contributed by atoms with Gasteiger partial charge in [-0.15, -0.1) is 0 Å². The monoisotopic (exact) mass is 260 g/mol. The molecule has 2 N–H and O–H groups in total. The zero-order chi connectivity index (χ0) is 13.5. The summed E-state index contributed by atoms with van der Waals surface area (Å²) in [5.41, 5.74) is 8.97. The Kier molecular flexibility index (Phi) is 3.07. The fraction of sp³-hybridized carbons (Fsp3) is 0.533. The molecular weight excluding hydrogens is 240 g/mol. The number of benzene rings is 1. The Morgan fingerprint density at radius 2 is 2.21 bits per heavy atom. The number of hydrogen-bond donors (Lipinski definition) is 1. The molecule has 1 aromatic rings. The predicted molar refractivity (Wildman–Crippen MR) is 72.7 cm³/mol. The number of amides is 1. The Morgan fingerprint density at radius 1 is 1.42 bits per heavy atom. The van der Waals surface area contributed by atoms with Gasteiger partial charge in [0.25, 0.3) is 5.91 Å². The number of ether oxygens (including phenoxy) is 1. The van der Waals surface area contributed by atoms with E-state index in [2.05, 4.69) is 0 Å². The molecule has 4 heteroatoms. The van der Waals surface area contributed by atoms with Gasteiger partial charge in [0.1, 0.15) is 0 Å². The quantitative estimate of drug-likeness (QED) is 0.896. The largest absolute Gasteiger partial charge is 0.375 e. The van der Waals surface area contributed by atoms with Crippen molar-refractivity contribution in [2.75, 3.05) is 13.7 Å². The van der Waals surface area contributed by atoms with E-state index in [1.165, 1.54) is 6.42 Å². The number of hydrogen-bond acceptors (Lipinski definition) is 3. The third kappa shape index (κ3) is 2.38. The Labute approximate surface area is 113 Å². The molecule has 1 aliphatic carbocycles. The van der Waals surface area contributed by atoms with E-state index in [1.807, 2.05) is 25.2 Å². The standard InChI is InChI=1S/C15H20N2O2/c1-17-8-12-4-3-11(7-13(12)14(17)18)9-19-10-15(16)5-2-6-15/h3-4,7H,2,5-6,8-10,16H2,1H3. The average molecular weight is 260 g/mol. The Hall–Kier alpha value is -1.39. The second-order valence-electron chi connectivity index (χ2n) is 5.86. The summed E-state index contributed by atoms with van der Waals surface area (Å²) in [5, 5.41) is 0. The van der Waals surface area contributed by atoms with E-state index in [-0.39, 0.29) is 11.4 Å². The first-order valence-corrected chi connectivity index (χ1v) is 6.81. The molecule has 2 aliphatic rings. The van der Waals surface area contributed by atoms with E-state index >= 15 is 0 Å². The second-order valence-corrected chi connectivity index (χ2v) is 5.86. The summed E-state index contributed by atoms with van der Waals surface area (Å²) in [6, 6.07) is 6.01. The molecule has 0 unspecified atom stereocenters. The molecule has 4 nitrogen and oxygen atoms in total. The van der Waals surface area contributed by atoms with Gasteiger partial charge in [0.05, 0.1) is 13.2 Å². The van der Waals surface area contributed by atoms with Crippen LogP contribution < -0.4 is 5.73 Å². The van der Waals surface area contributed by atoms with Crippen LogP contribution in [0.5, 0.6) is 0 Å². The van der Waals surface area contributed by atoms with E-state index in [4.69, 9.17) is 10.5 Å². The second kappa shape index (κ2) is 4.62. The maximum Gasteiger partial charge on any atom is 0.254 e. The van der Waals surface area contributed by atoms with E-state index < -0.39 is 0 Å². The minimum absolute atomic E-state index is 0.103. The molecular formula is C15H20N2O2. The van der Waals surface area contributed by atoms with E-state index in [0.29, 0.717) is 19.8 Å². The average Bonchev–Trinajstić information content (AvgIpc) is 2.64. The highest BCUT2D eigenvalue weighted by atomic mass is 16.5. The highest BCUT2D eigenvalue weighted by Crippen LogP contribution is 2.29. The molecule has 19 heavy (non-hydrogen) atoms. The Bertz CT molecular complexity index is 509. The first-order valence-electron chi connectivity index (χ1n) is 6.81. The van der Waals surface area contributed by atoms with Crippen molar-refractivity contribution in [1.29, 1.82) is 0 Å². The minimum Gasteiger partial charge on any atom is -0.375 e. The molecule has 1 fully saturated rings. The SMILES string of the molecule is CN1Cc2ccc(COCC3(N)CCC3)cc2C1=O. The van der Waals surface area contributed by atoms with E-state index in [0.717, 1.165) is 29.5 Å². The normalized spacial score (nSPS) is 20.3. The predicted octanol–water partition coefficient (Wildman–Crippen LogP) is 1.67. The third-order valence-electron chi connectivity index (χ3n) is 4.17. The highest BCUT2D eigenvalue weighted by molar-refractivity contribution is 5.98. The van der Waals surface area contributed by atoms with Crippen molar-refractivity contribution in [2.45, 2.75) is 38.0 Å². The van der Waals surface area contributed by atoms with Gasteiger partial charge in [0.2, 0.25) is 0 Å². The van der Waals surface area contributed by atoms with Crippen LogP contribution in [-0.4, -0.2) is 30.0 Å². The summed E-state index contributed by atoms with van der Waals surface area (Å²) >= 11 is 0. The fourth-order valence-electron chi connectivity index (χ4n) is 2.73. The number of rotatable bonds is 4. The van der Waals surface area contributed by atoms with Crippen LogP contribution in [0.15, 0.2) is 18.2 Å². The molecule has 0 saturated heterocycles. The van der Waals surface area contributed by atoms with Crippen LogP contribution >= 0.6 is 0 Å². The molecule has 102 valence electrons. The van der Waals surface area contributed by atoms with Crippen molar-refractivity contribution in [3.63, 3.8) is 0 Å². The molecule has 0 aromatic heterocycles. The maximum atomic E-state index is 11.9. The number of carbonyl (C=O) groups excluding carboxylic acids is 1. The minimum atomic E-state index is -0.104. The van der Waals surface area contributed by atoms with Crippen LogP contribution in [0.1, 0.15) is 40.7 Å². The van der Waals surface area contributed by atoms with Crippen molar-refractivity contribution in [3.8, 4) is 0 Å². The number of carbonyl (C=O) groups is 1. The van der Waals surface area contributed by atoms with Gasteiger partial charge in [0, 0.05) is 24.7 Å². The summed E-state index contributed by atoms with van der Waals surface area (Å²) in [4.78, 5) is 13.6. The van der Waals surface area contributed by atoms with E-state index in [9.17, 15) is 4.79 Å². The van der Waals surface area contributed by atoms with Crippen LogP contribution in [0.2, 0.25) is 0 Å². The van der Waals surface area contributed by atoms with Crippen molar-refractivity contribution >= 4 is 5.91 Å².